The van der Waals surface area contributed by atoms with E-state index in [1.807, 2.05) is 6.07 Å². The number of fused-ring (bicyclic) bond motifs is 1. The number of amides is 2. The number of halogens is 3. The van der Waals surface area contributed by atoms with E-state index >= 15 is 0 Å². The molecule has 0 aliphatic carbocycles. The molecule has 3 heterocycles. The normalized spacial score (nSPS) is 15.1. The Morgan fingerprint density at radius 1 is 1.02 bits per heavy atom. The van der Waals surface area contributed by atoms with Crippen LogP contribution in [0.1, 0.15) is 49.7 Å². The van der Waals surface area contributed by atoms with Gasteiger partial charge in [-0.15, -0.1) is 0 Å². The highest BCUT2D eigenvalue weighted by atomic mass is 19.3. The Morgan fingerprint density at radius 3 is 2.39 bits per heavy atom. The number of alkyl halides is 2. The fraction of sp³-hybridized carbons (Fsp3) is 0.323. The Kier molecular flexibility index (Phi) is 7.50. The lowest BCUT2D eigenvalue weighted by Gasteiger charge is -2.31. The Balaban J connectivity index is 1.45. The number of aromatic nitrogens is 1. The van der Waals surface area contributed by atoms with Crippen molar-refractivity contribution in [3.05, 3.63) is 78.1 Å². The van der Waals surface area contributed by atoms with Crippen molar-refractivity contribution in [3.8, 4) is 22.3 Å². The zero-order valence-electron chi connectivity index (χ0n) is 23.0. The Bertz CT molecular complexity index is 1580. The van der Waals surface area contributed by atoms with Gasteiger partial charge in [-0.1, -0.05) is 12.1 Å². The maximum absolute atomic E-state index is 14.9. The molecule has 0 bridgehead atoms. The molecular formula is C31H30F3N3O4. The molecule has 1 fully saturated rings. The number of alkyl carbamates (subject to hydrolysis) is 1. The van der Waals surface area contributed by atoms with E-state index in [2.05, 4.69) is 10.3 Å². The zero-order valence-corrected chi connectivity index (χ0v) is 23.0. The number of carbonyl (C=O) groups excluding carboxylic acids is 2. The molecule has 0 unspecified atom stereocenters. The van der Waals surface area contributed by atoms with Crippen molar-refractivity contribution in [3.63, 3.8) is 0 Å². The lowest BCUT2D eigenvalue weighted by Crippen LogP contribution is -2.42. The number of hydrogen-bond donors (Lipinski definition) is 1. The molecule has 7 nitrogen and oxygen atoms in total. The average Bonchev–Trinajstić information content (AvgIpc) is 3.34. The van der Waals surface area contributed by atoms with E-state index in [0.29, 0.717) is 33.4 Å². The molecule has 214 valence electrons. The van der Waals surface area contributed by atoms with Gasteiger partial charge in [0.15, 0.2) is 0 Å². The Hall–Kier alpha value is -4.34. The molecule has 10 heteroatoms. The summed E-state index contributed by atoms with van der Waals surface area (Å²) in [7, 11) is 0. The number of nitrogens with zero attached hydrogens (tertiary/aromatic N) is 2. The highest BCUT2D eigenvalue weighted by molar-refractivity contribution is 5.98. The van der Waals surface area contributed by atoms with Gasteiger partial charge in [0.2, 0.25) is 0 Å². The first kappa shape index (κ1) is 28.2. The van der Waals surface area contributed by atoms with Crippen LogP contribution in [0.3, 0.4) is 0 Å². The second-order valence-electron chi connectivity index (χ2n) is 11.1. The third-order valence-corrected chi connectivity index (χ3v) is 6.78. The molecule has 0 saturated carbocycles. The number of pyridine rings is 1. The van der Waals surface area contributed by atoms with E-state index in [-0.39, 0.29) is 38.4 Å². The number of ether oxygens (including phenoxy) is 1. The summed E-state index contributed by atoms with van der Waals surface area (Å²) < 4.78 is 53.2. The zero-order chi connectivity index (χ0) is 29.4. The number of nitrogens with one attached hydrogen (secondary N) is 1. The van der Waals surface area contributed by atoms with Crippen LogP contribution in [0.4, 0.5) is 18.0 Å². The van der Waals surface area contributed by atoms with Gasteiger partial charge in [-0.05, 0) is 68.3 Å². The highest BCUT2D eigenvalue weighted by Crippen LogP contribution is 2.37. The first-order chi connectivity index (χ1) is 19.4. The number of likely N-dealkylation sites (tertiary alicyclic amines) is 1. The summed E-state index contributed by atoms with van der Waals surface area (Å²) in [6.07, 6.45) is 1.34. The predicted octanol–water partition coefficient (Wildman–Crippen LogP) is 7.20. The topological polar surface area (TPSA) is 84.7 Å². The minimum absolute atomic E-state index is 0.0106. The van der Waals surface area contributed by atoms with Gasteiger partial charge in [-0.2, -0.15) is 0 Å². The van der Waals surface area contributed by atoms with Gasteiger partial charge in [0.25, 0.3) is 11.8 Å². The average molecular weight is 566 g/mol. The number of furan rings is 1. The Morgan fingerprint density at radius 2 is 1.73 bits per heavy atom. The summed E-state index contributed by atoms with van der Waals surface area (Å²) >= 11 is 0. The van der Waals surface area contributed by atoms with Gasteiger partial charge in [-0.25, -0.2) is 18.0 Å². The number of piperidine rings is 1. The summed E-state index contributed by atoms with van der Waals surface area (Å²) in [5.41, 5.74) is 2.48. The summed E-state index contributed by atoms with van der Waals surface area (Å²) in [5, 5.41) is 3.35. The van der Waals surface area contributed by atoms with Crippen LogP contribution >= 0.6 is 0 Å². The number of rotatable bonds is 5. The number of carbonyl (C=O) groups is 2. The number of benzene rings is 2. The summed E-state index contributed by atoms with van der Waals surface area (Å²) in [5.74, 6) is -3.10. The molecular weight excluding hydrogens is 535 g/mol. The van der Waals surface area contributed by atoms with E-state index in [4.69, 9.17) is 9.15 Å². The van der Waals surface area contributed by atoms with Gasteiger partial charge in [-0.3, -0.25) is 9.78 Å². The molecule has 0 spiro atoms. The van der Waals surface area contributed by atoms with Gasteiger partial charge in [0.05, 0.1) is 12.7 Å². The maximum atomic E-state index is 14.9. The third-order valence-electron chi connectivity index (χ3n) is 6.78. The molecule has 1 aliphatic rings. The molecule has 2 aromatic carbocycles. The molecule has 0 radical (unpaired) electrons. The molecule has 1 saturated heterocycles. The Labute approximate surface area is 235 Å². The van der Waals surface area contributed by atoms with Crippen molar-refractivity contribution >= 4 is 23.0 Å². The highest BCUT2D eigenvalue weighted by Gasteiger charge is 2.35. The van der Waals surface area contributed by atoms with Gasteiger partial charge < -0.3 is 19.4 Å². The minimum atomic E-state index is -2.73. The molecule has 41 heavy (non-hydrogen) atoms. The third kappa shape index (κ3) is 6.53. The second-order valence-corrected chi connectivity index (χ2v) is 11.1. The van der Waals surface area contributed by atoms with Crippen LogP contribution < -0.4 is 5.32 Å². The largest absolute Gasteiger partial charge is 0.459 e. The number of hydrogen-bond acceptors (Lipinski definition) is 5. The summed E-state index contributed by atoms with van der Waals surface area (Å²) in [6.45, 7) is 5.39. The first-order valence-electron chi connectivity index (χ1n) is 13.3. The summed E-state index contributed by atoms with van der Waals surface area (Å²) in [6, 6.07) is 13.8. The van der Waals surface area contributed by atoms with Gasteiger partial charge in [0, 0.05) is 54.2 Å². The van der Waals surface area contributed by atoms with Crippen LogP contribution in [-0.2, 0) is 11.3 Å². The SMILES string of the molecule is CC(C)(C)OC(=O)NCc1cc2cc(-c3ccc(C(=O)N4CCC(F)(F)CC4)cc3)cc(-c3ccncc3F)c2o1. The fourth-order valence-electron chi connectivity index (χ4n) is 4.75. The van der Waals surface area contributed by atoms with E-state index < -0.39 is 23.4 Å². The predicted molar refractivity (Wildman–Crippen MR) is 148 cm³/mol. The van der Waals surface area contributed by atoms with Gasteiger partial charge in [0.1, 0.15) is 22.8 Å². The monoisotopic (exact) mass is 565 g/mol. The van der Waals surface area contributed by atoms with E-state index in [1.54, 1.807) is 63.2 Å². The molecule has 5 rings (SSSR count). The molecule has 1 N–H and O–H groups in total. The van der Waals surface area contributed by atoms with Crippen LogP contribution in [0.5, 0.6) is 0 Å². The lowest BCUT2D eigenvalue weighted by molar-refractivity contribution is -0.0494. The molecule has 2 amide bonds. The van der Waals surface area contributed by atoms with Crippen molar-refractivity contribution in [2.24, 2.45) is 0 Å². The van der Waals surface area contributed by atoms with Crippen molar-refractivity contribution in [1.29, 1.82) is 0 Å². The fourth-order valence-corrected chi connectivity index (χ4v) is 4.75. The summed E-state index contributed by atoms with van der Waals surface area (Å²) in [4.78, 5) is 30.3. The van der Waals surface area contributed by atoms with Crippen molar-refractivity contribution < 1.29 is 31.9 Å². The standard InChI is InChI=1S/C31H30F3N3O4/c1-30(2,3)41-29(39)36-17-23-15-22-14-21(16-25(27(22)40-23)24-8-11-35-18-26(24)32)19-4-6-20(7-5-19)28(38)37-12-9-31(33,34)10-13-37/h4-8,11,14-16,18H,9-10,12-13,17H2,1-3H3,(H,36,39). The van der Waals surface area contributed by atoms with Crippen LogP contribution in [0.2, 0.25) is 0 Å². The first-order valence-corrected chi connectivity index (χ1v) is 13.3. The smallest absolute Gasteiger partial charge is 0.408 e. The van der Waals surface area contributed by atoms with Gasteiger partial charge >= 0.3 is 6.09 Å². The van der Waals surface area contributed by atoms with Crippen molar-refractivity contribution in [1.82, 2.24) is 15.2 Å². The van der Waals surface area contributed by atoms with Crippen LogP contribution in [0.15, 0.2) is 65.3 Å². The van der Waals surface area contributed by atoms with Crippen molar-refractivity contribution in [2.75, 3.05) is 13.1 Å². The van der Waals surface area contributed by atoms with E-state index in [1.165, 1.54) is 11.1 Å². The molecule has 4 aromatic rings. The molecule has 2 aromatic heterocycles. The molecule has 0 atom stereocenters. The van der Waals surface area contributed by atoms with Crippen molar-refractivity contribution in [2.45, 2.75) is 51.7 Å². The van der Waals surface area contributed by atoms with E-state index in [9.17, 15) is 22.8 Å². The molecule has 1 aliphatic heterocycles. The minimum Gasteiger partial charge on any atom is -0.459 e. The maximum Gasteiger partial charge on any atom is 0.408 e. The lowest BCUT2D eigenvalue weighted by atomic mass is 9.96. The van der Waals surface area contributed by atoms with Crippen LogP contribution in [-0.4, -0.2) is 46.5 Å². The van der Waals surface area contributed by atoms with Crippen LogP contribution in [0, 0.1) is 5.82 Å². The second kappa shape index (κ2) is 10.9. The quantitative estimate of drug-likeness (QED) is 0.277. The van der Waals surface area contributed by atoms with Crippen LogP contribution in [0.25, 0.3) is 33.2 Å². The van der Waals surface area contributed by atoms with E-state index in [0.717, 1.165) is 17.3 Å².